The first-order valence-electron chi connectivity index (χ1n) is 6.21. The fourth-order valence-corrected chi connectivity index (χ4v) is 1.79. The van der Waals surface area contributed by atoms with E-state index < -0.39 is 18.4 Å². The number of carbonyl (C=O) groups is 2. The number of carboxylic acid groups (broad SMARTS) is 1. The zero-order valence-electron chi connectivity index (χ0n) is 11.3. The van der Waals surface area contributed by atoms with Gasteiger partial charge >= 0.3 is 5.97 Å². The summed E-state index contributed by atoms with van der Waals surface area (Å²) >= 11 is 0. The standard InChI is InChI=1S/C15H11N3O4/c16-6-9-2-1-3-10(4-9)11-5-12(19)14(17-7-11)15(22)18-8-13(20)21/h1-5,7,19H,8H2,(H,18,22)(H,20,21). The van der Waals surface area contributed by atoms with E-state index in [2.05, 4.69) is 10.3 Å². The number of nitriles is 1. The molecule has 1 aromatic carbocycles. The number of amides is 1. The number of aromatic hydroxyl groups is 1. The van der Waals surface area contributed by atoms with Crippen molar-refractivity contribution in [3.05, 3.63) is 47.8 Å². The number of carboxylic acids is 1. The van der Waals surface area contributed by atoms with Crippen molar-refractivity contribution in [2.24, 2.45) is 0 Å². The molecule has 0 aliphatic heterocycles. The van der Waals surface area contributed by atoms with E-state index in [4.69, 9.17) is 10.4 Å². The van der Waals surface area contributed by atoms with Gasteiger partial charge < -0.3 is 15.5 Å². The first-order chi connectivity index (χ1) is 10.5. The van der Waals surface area contributed by atoms with Gasteiger partial charge in [-0.3, -0.25) is 9.59 Å². The highest BCUT2D eigenvalue weighted by Crippen LogP contribution is 2.25. The molecule has 1 amide bonds. The number of nitrogens with zero attached hydrogens (tertiary/aromatic N) is 2. The van der Waals surface area contributed by atoms with Crippen LogP contribution in [-0.2, 0) is 4.79 Å². The smallest absolute Gasteiger partial charge is 0.322 e. The molecule has 0 atom stereocenters. The van der Waals surface area contributed by atoms with Gasteiger partial charge in [0, 0.05) is 11.8 Å². The van der Waals surface area contributed by atoms with E-state index in [1.807, 2.05) is 6.07 Å². The van der Waals surface area contributed by atoms with E-state index >= 15 is 0 Å². The zero-order chi connectivity index (χ0) is 16.1. The summed E-state index contributed by atoms with van der Waals surface area (Å²) < 4.78 is 0. The predicted octanol–water partition coefficient (Wildman–Crippen LogP) is 1.14. The number of hydrogen-bond donors (Lipinski definition) is 3. The van der Waals surface area contributed by atoms with Gasteiger partial charge in [-0.05, 0) is 23.8 Å². The number of hydrogen-bond acceptors (Lipinski definition) is 5. The lowest BCUT2D eigenvalue weighted by Gasteiger charge is -2.07. The van der Waals surface area contributed by atoms with Gasteiger partial charge in [-0.25, -0.2) is 4.98 Å². The second-order valence-corrected chi connectivity index (χ2v) is 4.36. The summed E-state index contributed by atoms with van der Waals surface area (Å²) in [5.41, 5.74) is 1.39. The van der Waals surface area contributed by atoms with Gasteiger partial charge in [-0.2, -0.15) is 5.26 Å². The maximum Gasteiger partial charge on any atom is 0.322 e. The largest absolute Gasteiger partial charge is 0.505 e. The van der Waals surface area contributed by atoms with Crippen LogP contribution in [0.1, 0.15) is 16.1 Å². The SMILES string of the molecule is N#Cc1cccc(-c2cnc(C(=O)NCC(=O)O)c(O)c2)c1. The molecule has 0 aliphatic rings. The van der Waals surface area contributed by atoms with E-state index in [1.54, 1.807) is 24.3 Å². The number of rotatable bonds is 4. The summed E-state index contributed by atoms with van der Waals surface area (Å²) in [5.74, 6) is -2.35. The van der Waals surface area contributed by atoms with Crippen molar-refractivity contribution in [1.29, 1.82) is 5.26 Å². The summed E-state index contributed by atoms with van der Waals surface area (Å²) in [4.78, 5) is 25.9. The van der Waals surface area contributed by atoms with Crippen LogP contribution in [0.4, 0.5) is 0 Å². The second-order valence-electron chi connectivity index (χ2n) is 4.36. The lowest BCUT2D eigenvalue weighted by atomic mass is 10.0. The first-order valence-corrected chi connectivity index (χ1v) is 6.21. The van der Waals surface area contributed by atoms with Crippen molar-refractivity contribution >= 4 is 11.9 Å². The van der Waals surface area contributed by atoms with Gasteiger partial charge in [0.2, 0.25) is 0 Å². The molecule has 1 heterocycles. The fourth-order valence-electron chi connectivity index (χ4n) is 1.79. The van der Waals surface area contributed by atoms with Crippen LogP contribution >= 0.6 is 0 Å². The van der Waals surface area contributed by atoms with Crippen molar-refractivity contribution in [3.63, 3.8) is 0 Å². The highest BCUT2D eigenvalue weighted by Gasteiger charge is 2.15. The predicted molar refractivity (Wildman–Crippen MR) is 76.0 cm³/mol. The van der Waals surface area contributed by atoms with Crippen molar-refractivity contribution in [2.45, 2.75) is 0 Å². The molecule has 1 aromatic heterocycles. The van der Waals surface area contributed by atoms with Crippen LogP contribution in [0.2, 0.25) is 0 Å². The van der Waals surface area contributed by atoms with Crippen LogP contribution in [0.25, 0.3) is 11.1 Å². The maximum atomic E-state index is 11.7. The Labute approximate surface area is 125 Å². The highest BCUT2D eigenvalue weighted by atomic mass is 16.4. The van der Waals surface area contributed by atoms with E-state index in [9.17, 15) is 14.7 Å². The summed E-state index contributed by atoms with van der Waals surface area (Å²) in [5, 5.41) is 29.4. The van der Waals surface area contributed by atoms with E-state index in [0.29, 0.717) is 16.7 Å². The molecular weight excluding hydrogens is 286 g/mol. The Morgan fingerprint density at radius 1 is 1.27 bits per heavy atom. The fraction of sp³-hybridized carbons (Fsp3) is 0.0667. The Morgan fingerprint density at radius 3 is 2.68 bits per heavy atom. The average Bonchev–Trinajstić information content (AvgIpc) is 2.52. The number of aliphatic carboxylic acids is 1. The van der Waals surface area contributed by atoms with Crippen molar-refractivity contribution in [1.82, 2.24) is 10.3 Å². The third-order valence-electron chi connectivity index (χ3n) is 2.81. The monoisotopic (exact) mass is 297 g/mol. The lowest BCUT2D eigenvalue weighted by Crippen LogP contribution is -2.29. The highest BCUT2D eigenvalue weighted by molar-refractivity contribution is 5.96. The molecule has 0 aliphatic carbocycles. The summed E-state index contributed by atoms with van der Waals surface area (Å²) in [6, 6.07) is 10.0. The Morgan fingerprint density at radius 2 is 2.05 bits per heavy atom. The molecule has 7 nitrogen and oxygen atoms in total. The number of carbonyl (C=O) groups excluding carboxylic acids is 1. The normalized spacial score (nSPS) is 9.77. The van der Waals surface area contributed by atoms with Crippen molar-refractivity contribution in [2.75, 3.05) is 6.54 Å². The van der Waals surface area contributed by atoms with Crippen LogP contribution in [0.15, 0.2) is 36.5 Å². The molecule has 0 radical (unpaired) electrons. The number of aromatic nitrogens is 1. The van der Waals surface area contributed by atoms with Gasteiger partial charge in [-0.1, -0.05) is 12.1 Å². The van der Waals surface area contributed by atoms with E-state index in [1.165, 1.54) is 12.3 Å². The van der Waals surface area contributed by atoms with Gasteiger partial charge in [0.1, 0.15) is 12.3 Å². The van der Waals surface area contributed by atoms with Crippen molar-refractivity contribution < 1.29 is 19.8 Å². The van der Waals surface area contributed by atoms with Gasteiger partial charge in [-0.15, -0.1) is 0 Å². The molecule has 110 valence electrons. The zero-order valence-corrected chi connectivity index (χ0v) is 11.3. The molecule has 7 heteroatoms. The minimum absolute atomic E-state index is 0.263. The maximum absolute atomic E-state index is 11.7. The number of pyridine rings is 1. The van der Waals surface area contributed by atoms with Crippen LogP contribution in [0.5, 0.6) is 5.75 Å². The topological polar surface area (TPSA) is 123 Å². The lowest BCUT2D eigenvalue weighted by molar-refractivity contribution is -0.135. The second kappa shape index (κ2) is 6.37. The molecule has 0 saturated carbocycles. The van der Waals surface area contributed by atoms with Gasteiger partial charge in [0.15, 0.2) is 5.69 Å². The molecule has 2 aromatic rings. The number of benzene rings is 1. The summed E-state index contributed by atoms with van der Waals surface area (Å²) in [7, 11) is 0. The third kappa shape index (κ3) is 3.37. The molecule has 3 N–H and O–H groups in total. The van der Waals surface area contributed by atoms with Crippen LogP contribution in [-0.4, -0.2) is 33.6 Å². The summed E-state index contributed by atoms with van der Waals surface area (Å²) in [6.07, 6.45) is 1.37. The Bertz CT molecular complexity index is 781. The average molecular weight is 297 g/mol. The number of nitrogens with one attached hydrogen (secondary N) is 1. The minimum atomic E-state index is -1.20. The van der Waals surface area contributed by atoms with E-state index in [-0.39, 0.29) is 11.4 Å². The first kappa shape index (κ1) is 15.0. The molecule has 22 heavy (non-hydrogen) atoms. The van der Waals surface area contributed by atoms with Gasteiger partial charge in [0.05, 0.1) is 11.6 Å². The molecule has 2 rings (SSSR count). The molecule has 0 spiro atoms. The Balaban J connectivity index is 2.28. The molecule has 0 fully saturated rings. The molecular formula is C15H11N3O4. The minimum Gasteiger partial charge on any atom is -0.505 e. The van der Waals surface area contributed by atoms with Crippen molar-refractivity contribution in [3.8, 4) is 22.9 Å². The quantitative estimate of drug-likeness (QED) is 0.777. The molecule has 0 bridgehead atoms. The Kier molecular flexibility index (Phi) is 4.34. The Hall–Kier alpha value is -3.40. The van der Waals surface area contributed by atoms with E-state index in [0.717, 1.165) is 0 Å². The molecule has 0 saturated heterocycles. The summed E-state index contributed by atoms with van der Waals surface area (Å²) in [6.45, 7) is -0.564. The van der Waals surface area contributed by atoms with Crippen LogP contribution < -0.4 is 5.32 Å². The van der Waals surface area contributed by atoms with Crippen LogP contribution in [0, 0.1) is 11.3 Å². The van der Waals surface area contributed by atoms with Gasteiger partial charge in [0.25, 0.3) is 5.91 Å². The van der Waals surface area contributed by atoms with Crippen LogP contribution in [0.3, 0.4) is 0 Å². The third-order valence-corrected chi connectivity index (χ3v) is 2.81. The molecule has 0 unspecified atom stereocenters.